The molecule has 0 aliphatic carbocycles. The number of hydrogen-bond donors (Lipinski definition) is 0. The van der Waals surface area contributed by atoms with E-state index in [9.17, 15) is 10.1 Å². The second kappa shape index (κ2) is 8.59. The molecule has 0 atom stereocenters. The van der Waals surface area contributed by atoms with Crippen molar-refractivity contribution in [3.05, 3.63) is 94.0 Å². The summed E-state index contributed by atoms with van der Waals surface area (Å²) in [6.07, 6.45) is 5.16. The molecule has 160 valence electrons. The topological polar surface area (TPSA) is 81.5 Å². The molecule has 3 aromatic carbocycles. The summed E-state index contributed by atoms with van der Waals surface area (Å²) in [7, 11) is 0. The molecule has 0 saturated carbocycles. The molecule has 0 fully saturated rings. The number of fused-ring (bicyclic) bond motifs is 1. The van der Waals surface area contributed by atoms with Gasteiger partial charge >= 0.3 is 0 Å². The first-order valence-electron chi connectivity index (χ1n) is 10.3. The van der Waals surface area contributed by atoms with Gasteiger partial charge in [0, 0.05) is 23.9 Å². The van der Waals surface area contributed by atoms with Crippen molar-refractivity contribution in [1.29, 1.82) is 0 Å². The first-order chi connectivity index (χ1) is 15.3. The molecular weight excluding hydrogens is 402 g/mol. The molecule has 0 radical (unpaired) electrons. The molecular formula is C26H23N3O3. The highest BCUT2D eigenvalue weighted by Crippen LogP contribution is 2.29. The first-order valence-corrected chi connectivity index (χ1v) is 10.3. The van der Waals surface area contributed by atoms with Gasteiger partial charge in [-0.2, -0.15) is 0 Å². The van der Waals surface area contributed by atoms with Gasteiger partial charge in [-0.1, -0.05) is 51.1 Å². The second-order valence-corrected chi connectivity index (χ2v) is 8.49. The Morgan fingerprint density at radius 1 is 1.03 bits per heavy atom. The Hall–Kier alpha value is -4.06. The average Bonchev–Trinajstić information content (AvgIpc) is 3.20. The van der Waals surface area contributed by atoms with Crippen LogP contribution in [0.3, 0.4) is 0 Å². The van der Waals surface area contributed by atoms with Crippen molar-refractivity contribution in [2.75, 3.05) is 0 Å². The van der Waals surface area contributed by atoms with E-state index in [-0.39, 0.29) is 11.1 Å². The zero-order chi connectivity index (χ0) is 22.7. The fraction of sp³-hybridized carbons (Fsp3) is 0.154. The predicted molar refractivity (Wildman–Crippen MR) is 128 cm³/mol. The lowest BCUT2D eigenvalue weighted by Crippen LogP contribution is -2.10. The van der Waals surface area contributed by atoms with Gasteiger partial charge < -0.3 is 4.42 Å². The summed E-state index contributed by atoms with van der Waals surface area (Å²) in [5.41, 5.74) is 5.25. The van der Waals surface area contributed by atoms with Crippen molar-refractivity contribution >= 4 is 34.8 Å². The van der Waals surface area contributed by atoms with Gasteiger partial charge in [0.25, 0.3) is 5.69 Å². The van der Waals surface area contributed by atoms with Crippen LogP contribution in [-0.2, 0) is 5.41 Å². The van der Waals surface area contributed by atoms with Crippen molar-refractivity contribution < 1.29 is 9.34 Å². The third-order valence-electron chi connectivity index (χ3n) is 5.05. The summed E-state index contributed by atoms with van der Waals surface area (Å²) in [4.78, 5) is 19.5. The van der Waals surface area contributed by atoms with Gasteiger partial charge in [0.15, 0.2) is 5.58 Å². The van der Waals surface area contributed by atoms with Crippen LogP contribution in [0.1, 0.15) is 31.9 Å². The van der Waals surface area contributed by atoms with E-state index >= 15 is 0 Å². The molecule has 0 aliphatic heterocycles. The van der Waals surface area contributed by atoms with Crippen LogP contribution < -0.4 is 0 Å². The van der Waals surface area contributed by atoms with Crippen LogP contribution in [-0.4, -0.2) is 16.1 Å². The van der Waals surface area contributed by atoms with E-state index < -0.39 is 4.92 Å². The predicted octanol–water partition coefficient (Wildman–Crippen LogP) is 7.12. The van der Waals surface area contributed by atoms with E-state index in [2.05, 4.69) is 42.9 Å². The third-order valence-corrected chi connectivity index (χ3v) is 5.05. The maximum Gasteiger partial charge on any atom is 0.270 e. The van der Waals surface area contributed by atoms with E-state index in [1.54, 1.807) is 30.5 Å². The highest BCUT2D eigenvalue weighted by Gasteiger charge is 2.14. The minimum Gasteiger partial charge on any atom is -0.436 e. The summed E-state index contributed by atoms with van der Waals surface area (Å²) < 4.78 is 5.92. The average molecular weight is 425 g/mol. The number of non-ortho nitro benzene ring substituents is 1. The molecule has 0 amide bonds. The molecule has 0 bridgehead atoms. The molecule has 0 unspecified atom stereocenters. The number of rotatable bonds is 5. The third kappa shape index (κ3) is 4.81. The Kier molecular flexibility index (Phi) is 5.69. The molecule has 6 heteroatoms. The molecule has 0 spiro atoms. The van der Waals surface area contributed by atoms with E-state index in [0.717, 1.165) is 22.3 Å². The Bertz CT molecular complexity index is 1330. The SMILES string of the molecule is CC(C)(C)c1ccc(-c2nc3cc(N=C/C=C/c4cccc([N+](=O)[O-])c4)ccc3o2)cc1. The van der Waals surface area contributed by atoms with Crippen LogP contribution in [0.5, 0.6) is 0 Å². The van der Waals surface area contributed by atoms with Gasteiger partial charge in [0.1, 0.15) is 5.52 Å². The lowest BCUT2D eigenvalue weighted by molar-refractivity contribution is -0.384. The normalized spacial score (nSPS) is 12.2. The standard InChI is InChI=1S/C26H23N3O3/c1-26(2,3)20-11-9-19(10-12-20)25-28-23-17-21(13-14-24(23)32-25)27-15-5-7-18-6-4-8-22(16-18)29(30)31/h4-17H,1-3H3/b7-5+,27-15?. The lowest BCUT2D eigenvalue weighted by atomic mass is 9.87. The molecule has 4 aromatic rings. The number of allylic oxidation sites excluding steroid dienone is 1. The Balaban J connectivity index is 1.50. The van der Waals surface area contributed by atoms with Crippen LogP contribution in [0.25, 0.3) is 28.6 Å². The van der Waals surface area contributed by atoms with Gasteiger partial charge in [-0.05, 0) is 52.9 Å². The molecule has 6 nitrogen and oxygen atoms in total. The van der Waals surface area contributed by atoms with Crippen LogP contribution in [0.2, 0.25) is 0 Å². The molecule has 0 aliphatic rings. The quantitative estimate of drug-likeness (QED) is 0.194. The minimum absolute atomic E-state index is 0.0597. The minimum atomic E-state index is -0.411. The number of benzene rings is 3. The number of hydrogen-bond acceptors (Lipinski definition) is 5. The number of aromatic nitrogens is 1. The van der Waals surface area contributed by atoms with Crippen molar-refractivity contribution in [3.63, 3.8) is 0 Å². The fourth-order valence-corrected chi connectivity index (χ4v) is 3.26. The maximum absolute atomic E-state index is 10.9. The Labute approximate surface area is 186 Å². The van der Waals surface area contributed by atoms with Gasteiger partial charge in [-0.25, -0.2) is 4.98 Å². The van der Waals surface area contributed by atoms with Crippen molar-refractivity contribution in [2.24, 2.45) is 4.99 Å². The number of nitro groups is 1. The van der Waals surface area contributed by atoms with Gasteiger partial charge in [0.05, 0.1) is 10.6 Å². The van der Waals surface area contributed by atoms with Gasteiger partial charge in [-0.3, -0.25) is 15.1 Å². The van der Waals surface area contributed by atoms with Crippen LogP contribution >= 0.6 is 0 Å². The monoisotopic (exact) mass is 425 g/mol. The fourth-order valence-electron chi connectivity index (χ4n) is 3.26. The van der Waals surface area contributed by atoms with E-state index in [1.807, 2.05) is 30.3 Å². The largest absolute Gasteiger partial charge is 0.436 e. The molecule has 0 saturated heterocycles. The number of nitrogens with zero attached hydrogens (tertiary/aromatic N) is 3. The summed E-state index contributed by atoms with van der Waals surface area (Å²) in [6, 6.07) is 20.3. The zero-order valence-electron chi connectivity index (χ0n) is 18.1. The van der Waals surface area contributed by atoms with Crippen molar-refractivity contribution in [2.45, 2.75) is 26.2 Å². The van der Waals surface area contributed by atoms with Gasteiger partial charge in [0.2, 0.25) is 5.89 Å². The van der Waals surface area contributed by atoms with Crippen LogP contribution in [0.4, 0.5) is 11.4 Å². The molecule has 1 aromatic heterocycles. The zero-order valence-corrected chi connectivity index (χ0v) is 18.1. The molecule has 4 rings (SSSR count). The Morgan fingerprint density at radius 3 is 2.53 bits per heavy atom. The molecule has 32 heavy (non-hydrogen) atoms. The van der Waals surface area contributed by atoms with E-state index in [4.69, 9.17) is 4.42 Å². The van der Waals surface area contributed by atoms with Crippen molar-refractivity contribution in [3.8, 4) is 11.5 Å². The van der Waals surface area contributed by atoms with Crippen molar-refractivity contribution in [1.82, 2.24) is 4.98 Å². The summed E-state index contributed by atoms with van der Waals surface area (Å²) >= 11 is 0. The van der Waals surface area contributed by atoms with E-state index in [0.29, 0.717) is 11.5 Å². The van der Waals surface area contributed by atoms with Crippen LogP contribution in [0, 0.1) is 10.1 Å². The van der Waals surface area contributed by atoms with E-state index in [1.165, 1.54) is 17.7 Å². The molecule has 1 heterocycles. The summed E-state index contributed by atoms with van der Waals surface area (Å²) in [5.74, 6) is 0.576. The Morgan fingerprint density at radius 2 is 1.81 bits per heavy atom. The maximum atomic E-state index is 10.9. The highest BCUT2D eigenvalue weighted by molar-refractivity contribution is 5.84. The summed E-state index contributed by atoms with van der Waals surface area (Å²) in [5, 5.41) is 10.9. The number of oxazole rings is 1. The number of nitro benzene ring substituents is 1. The second-order valence-electron chi connectivity index (χ2n) is 8.49. The first kappa shape index (κ1) is 21.2. The molecule has 0 N–H and O–H groups in total. The number of aliphatic imine (C=N–C) groups is 1. The summed E-state index contributed by atoms with van der Waals surface area (Å²) in [6.45, 7) is 6.55. The van der Waals surface area contributed by atoms with Gasteiger partial charge in [-0.15, -0.1) is 0 Å². The lowest BCUT2D eigenvalue weighted by Gasteiger charge is -2.18. The highest BCUT2D eigenvalue weighted by atomic mass is 16.6. The van der Waals surface area contributed by atoms with Crippen LogP contribution in [0.15, 0.2) is 82.2 Å². The smallest absolute Gasteiger partial charge is 0.270 e.